The van der Waals surface area contributed by atoms with Gasteiger partial charge < -0.3 is 16.4 Å². The molecule has 33 heavy (non-hydrogen) atoms. The number of unbranched alkanes of at least 4 members (excludes halogenated alkanes) is 1. The van der Waals surface area contributed by atoms with Gasteiger partial charge in [0, 0.05) is 26.9 Å². The van der Waals surface area contributed by atoms with Crippen LogP contribution in [0, 0.1) is 0 Å². The molecule has 0 spiro atoms. The molecule has 2 amide bonds. The minimum absolute atomic E-state index is 0.197. The quantitative estimate of drug-likeness (QED) is 0.215. The molecule has 0 atom stereocenters. The molecule has 0 aromatic heterocycles. The molecule has 3 aromatic carbocycles. The molecule has 0 aliphatic heterocycles. The van der Waals surface area contributed by atoms with E-state index in [1.807, 2.05) is 48.5 Å². The molecule has 0 aliphatic rings. The van der Waals surface area contributed by atoms with E-state index in [4.69, 9.17) is 17.3 Å². The Morgan fingerprint density at radius 2 is 1.42 bits per heavy atom. The maximum Gasteiger partial charge on any atom is 0.269 e. The van der Waals surface area contributed by atoms with Crippen molar-refractivity contribution in [2.45, 2.75) is 17.7 Å². The molecule has 170 valence electrons. The van der Waals surface area contributed by atoms with Gasteiger partial charge in [-0.15, -0.1) is 0 Å². The lowest BCUT2D eigenvalue weighted by atomic mass is 10.1. The second kappa shape index (κ2) is 12.8. The smallest absolute Gasteiger partial charge is 0.269 e. The highest BCUT2D eigenvalue weighted by atomic mass is 35.5. The summed E-state index contributed by atoms with van der Waals surface area (Å²) in [4.78, 5) is 27.8. The van der Waals surface area contributed by atoms with Crippen LogP contribution in [0.25, 0.3) is 4.91 Å². The van der Waals surface area contributed by atoms with Crippen LogP contribution in [0.3, 0.4) is 0 Å². The highest BCUT2D eigenvalue weighted by molar-refractivity contribution is 8.08. The molecular weight excluding hydrogens is 454 g/mol. The van der Waals surface area contributed by atoms with E-state index in [9.17, 15) is 9.59 Å². The Labute approximate surface area is 203 Å². The molecule has 0 bridgehead atoms. The van der Waals surface area contributed by atoms with Crippen molar-refractivity contribution < 1.29 is 9.59 Å². The Morgan fingerprint density at radius 1 is 0.818 bits per heavy atom. The Balaban J connectivity index is 2.02. The van der Waals surface area contributed by atoms with Crippen molar-refractivity contribution in [3.8, 4) is 0 Å². The summed E-state index contributed by atoms with van der Waals surface area (Å²) >= 11 is 7.44. The number of carbonyl (C=O) groups is 2. The van der Waals surface area contributed by atoms with Gasteiger partial charge in [0.1, 0.15) is 5.70 Å². The summed E-state index contributed by atoms with van der Waals surface area (Å²) < 4.78 is 0. The first-order valence-corrected chi connectivity index (χ1v) is 11.9. The summed E-state index contributed by atoms with van der Waals surface area (Å²) in [6.07, 6.45) is 1.56. The van der Waals surface area contributed by atoms with Crippen LogP contribution in [-0.2, 0) is 4.79 Å². The predicted octanol–water partition coefficient (Wildman–Crippen LogP) is 5.09. The molecule has 0 aliphatic carbocycles. The molecule has 0 unspecified atom stereocenters. The number of benzene rings is 3. The lowest BCUT2D eigenvalue weighted by Gasteiger charge is -2.17. The third-order valence-electron chi connectivity index (χ3n) is 4.71. The van der Waals surface area contributed by atoms with E-state index in [0.29, 0.717) is 28.6 Å². The Morgan fingerprint density at radius 3 is 2.03 bits per heavy atom. The highest BCUT2D eigenvalue weighted by Crippen LogP contribution is 2.36. The number of carbonyl (C=O) groups excluding carboxylic acids is 2. The summed E-state index contributed by atoms with van der Waals surface area (Å²) in [5.41, 5.74) is 7.05. The van der Waals surface area contributed by atoms with Crippen LogP contribution >= 0.6 is 23.4 Å². The molecule has 4 N–H and O–H groups in total. The monoisotopic (exact) mass is 479 g/mol. The third kappa shape index (κ3) is 7.49. The van der Waals surface area contributed by atoms with Crippen molar-refractivity contribution in [2.24, 2.45) is 5.73 Å². The van der Waals surface area contributed by atoms with E-state index < -0.39 is 0 Å². The van der Waals surface area contributed by atoms with E-state index in [0.717, 1.165) is 23.3 Å². The highest BCUT2D eigenvalue weighted by Gasteiger charge is 2.21. The van der Waals surface area contributed by atoms with Crippen molar-refractivity contribution in [3.63, 3.8) is 0 Å². The Kier molecular flexibility index (Phi) is 9.57. The lowest BCUT2D eigenvalue weighted by molar-refractivity contribution is -0.117. The summed E-state index contributed by atoms with van der Waals surface area (Å²) in [7, 11) is 0. The van der Waals surface area contributed by atoms with Crippen LogP contribution in [0.2, 0.25) is 5.02 Å². The van der Waals surface area contributed by atoms with Gasteiger partial charge >= 0.3 is 0 Å². The minimum atomic E-state index is -0.354. The van der Waals surface area contributed by atoms with Gasteiger partial charge in [0.15, 0.2) is 0 Å². The molecule has 3 rings (SSSR count). The van der Waals surface area contributed by atoms with E-state index >= 15 is 0 Å². The summed E-state index contributed by atoms with van der Waals surface area (Å²) in [5.74, 6) is -0.704. The molecular formula is C26H26ClN3O2S. The van der Waals surface area contributed by atoms with Gasteiger partial charge in [-0.05, 0) is 61.3 Å². The van der Waals surface area contributed by atoms with Crippen LogP contribution in [0.1, 0.15) is 28.8 Å². The first-order chi connectivity index (χ1) is 16.1. The summed E-state index contributed by atoms with van der Waals surface area (Å²) in [5, 5.41) is 6.40. The largest absolute Gasteiger partial charge is 0.351 e. The SMILES string of the molecule is NCCCCNC(=O)C(NC(=O)c1ccccc1)=C(Sc1ccc(Cl)cc1)c1ccccc1. The molecule has 7 heteroatoms. The maximum absolute atomic E-state index is 13.3. The fraction of sp³-hybridized carbons (Fsp3) is 0.154. The predicted molar refractivity (Wildman–Crippen MR) is 136 cm³/mol. The zero-order valence-electron chi connectivity index (χ0n) is 18.1. The topological polar surface area (TPSA) is 84.2 Å². The molecule has 0 radical (unpaired) electrons. The van der Waals surface area contributed by atoms with Crippen LogP contribution in [0.5, 0.6) is 0 Å². The van der Waals surface area contributed by atoms with Gasteiger partial charge in [0.2, 0.25) is 0 Å². The first-order valence-electron chi connectivity index (χ1n) is 10.7. The van der Waals surface area contributed by atoms with Crippen LogP contribution in [0.4, 0.5) is 0 Å². The van der Waals surface area contributed by atoms with Gasteiger partial charge in [0.25, 0.3) is 11.8 Å². The number of hydrogen-bond donors (Lipinski definition) is 3. The van der Waals surface area contributed by atoms with Crippen molar-refractivity contribution in [1.82, 2.24) is 10.6 Å². The zero-order chi connectivity index (χ0) is 23.5. The third-order valence-corrected chi connectivity index (χ3v) is 6.12. The average molecular weight is 480 g/mol. The Hall–Kier alpha value is -3.06. The molecule has 0 saturated carbocycles. The zero-order valence-corrected chi connectivity index (χ0v) is 19.7. The van der Waals surface area contributed by atoms with Crippen molar-refractivity contribution >= 4 is 40.1 Å². The minimum Gasteiger partial charge on any atom is -0.351 e. The van der Waals surface area contributed by atoms with Gasteiger partial charge in [0.05, 0.1) is 0 Å². The fourth-order valence-corrected chi connectivity index (χ4v) is 4.15. The second-order valence-corrected chi connectivity index (χ2v) is 8.72. The summed E-state index contributed by atoms with van der Waals surface area (Å²) in [6, 6.07) is 25.7. The fourth-order valence-electron chi connectivity index (χ4n) is 3.02. The van der Waals surface area contributed by atoms with Crippen LogP contribution < -0.4 is 16.4 Å². The molecule has 3 aromatic rings. The van der Waals surface area contributed by atoms with Crippen LogP contribution in [0.15, 0.2) is 95.5 Å². The van der Waals surface area contributed by atoms with E-state index in [1.54, 1.807) is 36.4 Å². The second-order valence-electron chi connectivity index (χ2n) is 7.20. The van der Waals surface area contributed by atoms with E-state index in [1.165, 1.54) is 11.8 Å². The van der Waals surface area contributed by atoms with Gasteiger partial charge in [-0.1, -0.05) is 71.9 Å². The molecule has 5 nitrogen and oxygen atoms in total. The standard InChI is InChI=1S/C26H26ClN3O2S/c27-21-13-15-22(16-14-21)33-24(19-9-3-1-4-10-19)23(26(32)29-18-8-7-17-28)30-25(31)20-11-5-2-6-12-20/h1-6,9-16H,7-8,17-18,28H2,(H,29,32)(H,30,31). The number of nitrogens with one attached hydrogen (secondary N) is 2. The molecule has 0 heterocycles. The number of amides is 2. The number of hydrogen-bond acceptors (Lipinski definition) is 4. The number of rotatable bonds is 10. The normalized spacial score (nSPS) is 11.5. The lowest BCUT2D eigenvalue weighted by Crippen LogP contribution is -2.36. The number of nitrogens with two attached hydrogens (primary N) is 1. The average Bonchev–Trinajstić information content (AvgIpc) is 2.86. The van der Waals surface area contributed by atoms with Gasteiger partial charge in [-0.2, -0.15) is 0 Å². The van der Waals surface area contributed by atoms with E-state index in [2.05, 4.69) is 10.6 Å². The maximum atomic E-state index is 13.3. The van der Waals surface area contributed by atoms with E-state index in [-0.39, 0.29) is 17.5 Å². The number of halogens is 1. The van der Waals surface area contributed by atoms with Crippen LogP contribution in [-0.4, -0.2) is 24.9 Å². The molecule has 0 fully saturated rings. The van der Waals surface area contributed by atoms with Crippen molar-refractivity contribution in [3.05, 3.63) is 107 Å². The number of thioether (sulfide) groups is 1. The van der Waals surface area contributed by atoms with Gasteiger partial charge in [-0.3, -0.25) is 9.59 Å². The Bertz CT molecular complexity index is 1090. The summed E-state index contributed by atoms with van der Waals surface area (Å²) in [6.45, 7) is 1.03. The van der Waals surface area contributed by atoms with Crippen molar-refractivity contribution in [2.75, 3.05) is 13.1 Å². The van der Waals surface area contributed by atoms with Gasteiger partial charge in [-0.25, -0.2) is 0 Å². The first kappa shape index (κ1) is 24.6. The van der Waals surface area contributed by atoms with Crippen molar-refractivity contribution in [1.29, 1.82) is 0 Å². The molecule has 0 saturated heterocycles.